The molecule has 192 valence electrons. The summed E-state index contributed by atoms with van der Waals surface area (Å²) in [5.74, 6) is 0. The molecule has 0 heterocycles. The average Bonchev–Trinajstić information content (AvgIpc) is 2.69. The molecule has 3 aliphatic rings. The second-order valence-corrected chi connectivity index (χ2v) is 13.6. The minimum absolute atomic E-state index is 0. The van der Waals surface area contributed by atoms with Gasteiger partial charge in [0.25, 0.3) is 0 Å². The maximum absolute atomic E-state index is 10.7. The van der Waals surface area contributed by atoms with Gasteiger partial charge in [-0.3, -0.25) is 0 Å². The van der Waals surface area contributed by atoms with Crippen LogP contribution in [-0.4, -0.2) is 35.5 Å². The Kier molecular flexibility index (Phi) is 16.1. The van der Waals surface area contributed by atoms with Gasteiger partial charge in [0.05, 0.1) is 0 Å². The molecule has 32 heavy (non-hydrogen) atoms. The van der Waals surface area contributed by atoms with E-state index in [1.165, 1.54) is 36.2 Å². The van der Waals surface area contributed by atoms with Crippen molar-refractivity contribution in [3.8, 4) is 0 Å². The van der Waals surface area contributed by atoms with E-state index < -0.39 is 15.6 Å². The van der Waals surface area contributed by atoms with E-state index in [9.17, 15) is 13.2 Å². The molecule has 0 aromatic heterocycles. The third kappa shape index (κ3) is 12.6. The molecule has 0 atom stereocenters. The van der Waals surface area contributed by atoms with E-state index in [1.807, 2.05) is 6.92 Å². The topological polar surface area (TPSA) is 57.2 Å². The van der Waals surface area contributed by atoms with Crippen LogP contribution in [0.15, 0.2) is 12.2 Å². The van der Waals surface area contributed by atoms with Crippen LogP contribution in [0.3, 0.4) is 0 Å². The molecular weight excluding hydrogens is 503 g/mol. The summed E-state index contributed by atoms with van der Waals surface area (Å²) >= 11 is 0. The number of halogens is 3. The van der Waals surface area contributed by atoms with E-state index in [-0.39, 0.29) is 16.5 Å². The van der Waals surface area contributed by atoms with Crippen LogP contribution in [0.5, 0.6) is 0 Å². The monoisotopic (exact) mass is 542 g/mol. The van der Waals surface area contributed by atoms with E-state index in [0.29, 0.717) is 7.92 Å². The Bertz CT molecular complexity index is 564. The van der Waals surface area contributed by atoms with Gasteiger partial charge in [-0.05, 0) is 55.5 Å². The maximum Gasteiger partial charge on any atom is 2.00 e. The Morgan fingerprint density at radius 1 is 0.812 bits per heavy atom. The van der Waals surface area contributed by atoms with Crippen LogP contribution < -0.4 is 0 Å². The molecule has 0 amide bonds. The van der Waals surface area contributed by atoms with Crippen LogP contribution in [0.4, 0.5) is 13.2 Å². The Morgan fingerprint density at radius 3 is 1.16 bits per heavy atom. The van der Waals surface area contributed by atoms with Gasteiger partial charge in [0, 0.05) is 0 Å². The van der Waals surface area contributed by atoms with Crippen LogP contribution in [-0.2, 0) is 26.6 Å². The predicted octanol–water partition coefficient (Wildman–Crippen LogP) is 7.91. The third-order valence-electron chi connectivity index (χ3n) is 6.27. The van der Waals surface area contributed by atoms with Gasteiger partial charge >= 0.3 is 22.0 Å². The standard InChI is InChI=1S/C18H33P.C4H7.CHF3O3S.Ni/c1-4-10-16(11-5-1)19(17-12-6-2-7-13-17)18-14-8-3-9-15-18;1-4(2)3;2-1(3,4)8(5,6)7;/h16-18H,1-15H2;1-2H2,3H3;(H,5,6,7);/q;-1;;+2/p-1. The van der Waals surface area contributed by atoms with Gasteiger partial charge in [-0.15, -0.1) is 0 Å². The van der Waals surface area contributed by atoms with Crippen molar-refractivity contribution in [3.63, 3.8) is 0 Å². The van der Waals surface area contributed by atoms with Crippen molar-refractivity contribution in [2.24, 2.45) is 0 Å². The van der Waals surface area contributed by atoms with Crippen molar-refractivity contribution in [1.29, 1.82) is 0 Å². The van der Waals surface area contributed by atoms with Crippen molar-refractivity contribution in [1.82, 2.24) is 0 Å². The molecule has 0 aromatic rings. The molecule has 0 spiro atoms. The smallest absolute Gasteiger partial charge is 0.741 e. The quantitative estimate of drug-likeness (QED) is 0.120. The molecule has 0 N–H and O–H groups in total. The summed E-state index contributed by atoms with van der Waals surface area (Å²) in [6.07, 6.45) is 23.6. The second kappa shape index (κ2) is 16.0. The fourth-order valence-electron chi connectivity index (χ4n) is 5.03. The second-order valence-electron chi connectivity index (χ2n) is 9.18. The van der Waals surface area contributed by atoms with Gasteiger partial charge in [-0.2, -0.15) is 13.2 Å². The van der Waals surface area contributed by atoms with E-state index in [4.69, 9.17) is 13.0 Å². The third-order valence-corrected chi connectivity index (χ3v) is 10.9. The minimum Gasteiger partial charge on any atom is -0.741 e. The Balaban J connectivity index is 0.000000624. The molecule has 3 aliphatic carbocycles. The molecule has 0 unspecified atom stereocenters. The molecule has 0 aliphatic heterocycles. The Labute approximate surface area is 205 Å². The Hall–Kier alpha value is 0.234. The van der Waals surface area contributed by atoms with Gasteiger partial charge in [-0.1, -0.05) is 72.6 Å². The molecule has 3 saturated carbocycles. The van der Waals surface area contributed by atoms with Crippen LogP contribution in [0.1, 0.15) is 103 Å². The molecule has 0 radical (unpaired) electrons. The van der Waals surface area contributed by atoms with Crippen molar-refractivity contribution in [3.05, 3.63) is 19.1 Å². The maximum atomic E-state index is 10.7. The van der Waals surface area contributed by atoms with Gasteiger partial charge in [0.2, 0.25) is 0 Å². The number of alkyl halides is 3. The van der Waals surface area contributed by atoms with E-state index >= 15 is 0 Å². The molecule has 3 nitrogen and oxygen atoms in total. The zero-order valence-corrected chi connectivity index (χ0v) is 22.0. The summed E-state index contributed by atoms with van der Waals surface area (Å²) in [5, 5.41) is 0. The normalized spacial score (nSPS) is 21.4. The molecule has 3 rings (SSSR count). The molecule has 3 fully saturated rings. The summed E-state index contributed by atoms with van der Waals surface area (Å²) in [5.41, 5.74) is -1.16. The molecule has 9 heteroatoms. The first kappa shape index (κ1) is 32.2. The zero-order chi connectivity index (χ0) is 23.5. The summed E-state index contributed by atoms with van der Waals surface area (Å²) in [7, 11) is -5.71. The molecule has 0 bridgehead atoms. The average molecular weight is 543 g/mol. The van der Waals surface area contributed by atoms with Gasteiger partial charge in [0.1, 0.15) is 0 Å². The van der Waals surface area contributed by atoms with Crippen LogP contribution in [0.2, 0.25) is 0 Å². The number of allylic oxidation sites excluding steroid dienone is 1. The number of hydrogen-bond donors (Lipinski definition) is 0. The summed E-state index contributed by atoms with van der Waals surface area (Å²) in [6, 6.07) is 0. The van der Waals surface area contributed by atoms with Crippen LogP contribution >= 0.6 is 7.92 Å². The van der Waals surface area contributed by atoms with Gasteiger partial charge < -0.3 is 4.55 Å². The van der Waals surface area contributed by atoms with Crippen molar-refractivity contribution < 1.29 is 42.6 Å². The minimum atomic E-state index is -6.09. The summed E-state index contributed by atoms with van der Waals surface area (Å²) in [6.45, 7) is 8.75. The fourth-order valence-corrected chi connectivity index (χ4v) is 9.71. The first-order valence-corrected chi connectivity index (χ1v) is 14.7. The first-order chi connectivity index (χ1) is 14.4. The zero-order valence-electron chi connectivity index (χ0n) is 19.3. The number of rotatable bonds is 3. The van der Waals surface area contributed by atoms with Crippen LogP contribution in [0, 0.1) is 6.92 Å². The van der Waals surface area contributed by atoms with Crippen molar-refractivity contribution in [2.45, 2.75) is 126 Å². The fraction of sp³-hybridized carbons (Fsp3) is 0.870. The first-order valence-electron chi connectivity index (χ1n) is 11.7. The summed E-state index contributed by atoms with van der Waals surface area (Å²) < 4.78 is 58.9. The van der Waals surface area contributed by atoms with E-state index in [0.717, 1.165) is 5.57 Å². The summed E-state index contributed by atoms with van der Waals surface area (Å²) in [4.78, 5) is 0. The molecule has 0 aromatic carbocycles. The predicted molar refractivity (Wildman–Crippen MR) is 123 cm³/mol. The van der Waals surface area contributed by atoms with Crippen molar-refractivity contribution in [2.75, 3.05) is 0 Å². The number of hydrogen-bond acceptors (Lipinski definition) is 3. The van der Waals surface area contributed by atoms with Gasteiger partial charge in [-0.25, -0.2) is 27.5 Å². The largest absolute Gasteiger partial charge is 2.00 e. The van der Waals surface area contributed by atoms with E-state index in [1.54, 1.807) is 77.0 Å². The molecular formula is C23H40F3NiO3PS. The Morgan fingerprint density at radius 2 is 1.00 bits per heavy atom. The van der Waals surface area contributed by atoms with Gasteiger partial charge in [0.15, 0.2) is 10.1 Å². The van der Waals surface area contributed by atoms with Crippen molar-refractivity contribution >= 4 is 18.0 Å². The SMILES string of the molecule is C1CCC(P(C2CCCCC2)C2CCCCC2)CC1.C=C([CH2-])C.O=S(=O)([O-])C(F)(F)F.[Ni+2]. The van der Waals surface area contributed by atoms with Crippen LogP contribution in [0.25, 0.3) is 0 Å². The molecule has 0 saturated heterocycles. The van der Waals surface area contributed by atoms with E-state index in [2.05, 4.69) is 13.5 Å².